The molecular weight excluding hydrogens is 196 g/mol. The Morgan fingerprint density at radius 2 is 1.81 bits per heavy atom. The van der Waals surface area contributed by atoms with Crippen LogP contribution in [0.1, 0.15) is 31.0 Å². The summed E-state index contributed by atoms with van der Waals surface area (Å²) in [6, 6.07) is 8.92. The Morgan fingerprint density at radius 1 is 1.25 bits per heavy atom. The lowest BCUT2D eigenvalue weighted by Crippen LogP contribution is -2.39. The molecule has 0 aliphatic heterocycles. The molecule has 16 heavy (non-hydrogen) atoms. The highest BCUT2D eigenvalue weighted by Crippen LogP contribution is 2.37. The predicted molar refractivity (Wildman–Crippen MR) is 70.4 cm³/mol. The molecular formula is C14H24N2. The van der Waals surface area contributed by atoms with E-state index in [9.17, 15) is 0 Å². The van der Waals surface area contributed by atoms with Crippen LogP contribution in [-0.4, -0.2) is 25.5 Å². The maximum Gasteiger partial charge on any atom is 0.0407 e. The van der Waals surface area contributed by atoms with Crippen molar-refractivity contribution in [2.45, 2.75) is 26.8 Å². The van der Waals surface area contributed by atoms with Gasteiger partial charge >= 0.3 is 0 Å². The molecule has 0 aliphatic rings. The van der Waals surface area contributed by atoms with Gasteiger partial charge in [-0.1, -0.05) is 38.1 Å². The van der Waals surface area contributed by atoms with Gasteiger partial charge in [0.2, 0.25) is 0 Å². The number of benzene rings is 1. The lowest BCUT2D eigenvalue weighted by atomic mass is 9.78. The van der Waals surface area contributed by atoms with E-state index in [1.54, 1.807) is 0 Å². The van der Waals surface area contributed by atoms with Crippen molar-refractivity contribution in [3.05, 3.63) is 35.4 Å². The highest BCUT2D eigenvalue weighted by molar-refractivity contribution is 5.30. The predicted octanol–water partition coefficient (Wildman–Crippen LogP) is 2.58. The summed E-state index contributed by atoms with van der Waals surface area (Å²) in [6.45, 7) is 7.30. The molecule has 0 aliphatic carbocycles. The molecule has 2 nitrogen and oxygen atoms in total. The minimum Gasteiger partial charge on any atom is -0.330 e. The van der Waals surface area contributed by atoms with Crippen molar-refractivity contribution in [2.75, 3.05) is 20.6 Å². The van der Waals surface area contributed by atoms with Gasteiger partial charge in [0.25, 0.3) is 0 Å². The standard InChI is InChI=1S/C14H24N2/c1-11-8-6-7-9-12(11)13(16(4)5)14(2,3)10-15/h6-9,13H,10,15H2,1-5H3. The van der Waals surface area contributed by atoms with E-state index in [0.717, 1.165) is 0 Å². The van der Waals surface area contributed by atoms with Crippen molar-refractivity contribution in [1.29, 1.82) is 0 Å². The summed E-state index contributed by atoms with van der Waals surface area (Å²) >= 11 is 0. The lowest BCUT2D eigenvalue weighted by Gasteiger charge is -2.39. The van der Waals surface area contributed by atoms with Crippen LogP contribution in [0.2, 0.25) is 0 Å². The molecule has 0 aromatic heterocycles. The molecule has 0 spiro atoms. The monoisotopic (exact) mass is 220 g/mol. The van der Waals surface area contributed by atoms with E-state index in [2.05, 4.69) is 64.0 Å². The summed E-state index contributed by atoms with van der Waals surface area (Å²) in [6.07, 6.45) is 0. The zero-order valence-electron chi connectivity index (χ0n) is 11.1. The van der Waals surface area contributed by atoms with Gasteiger partial charge in [-0.05, 0) is 44.1 Å². The molecule has 2 heteroatoms. The number of aryl methyl sites for hydroxylation is 1. The Hall–Kier alpha value is -0.860. The molecule has 2 N–H and O–H groups in total. The van der Waals surface area contributed by atoms with E-state index in [1.807, 2.05) is 0 Å². The van der Waals surface area contributed by atoms with Gasteiger partial charge in [-0.2, -0.15) is 0 Å². The molecule has 0 fully saturated rings. The van der Waals surface area contributed by atoms with Crippen molar-refractivity contribution in [2.24, 2.45) is 11.1 Å². The van der Waals surface area contributed by atoms with Gasteiger partial charge in [0.1, 0.15) is 0 Å². The van der Waals surface area contributed by atoms with Crippen molar-refractivity contribution in [3.63, 3.8) is 0 Å². The molecule has 0 saturated carbocycles. The van der Waals surface area contributed by atoms with E-state index in [4.69, 9.17) is 5.73 Å². The third kappa shape index (κ3) is 2.63. The molecule has 1 unspecified atom stereocenters. The number of nitrogens with zero attached hydrogens (tertiary/aromatic N) is 1. The van der Waals surface area contributed by atoms with Crippen LogP contribution in [0, 0.1) is 12.3 Å². The van der Waals surface area contributed by atoms with Gasteiger partial charge in [0.15, 0.2) is 0 Å². The largest absolute Gasteiger partial charge is 0.330 e. The van der Waals surface area contributed by atoms with Crippen molar-refractivity contribution >= 4 is 0 Å². The van der Waals surface area contributed by atoms with Gasteiger partial charge < -0.3 is 10.6 Å². The number of hydrogen-bond donors (Lipinski definition) is 1. The van der Waals surface area contributed by atoms with Gasteiger partial charge in [0.05, 0.1) is 0 Å². The summed E-state index contributed by atoms with van der Waals surface area (Å²) in [7, 11) is 4.24. The van der Waals surface area contributed by atoms with Crippen molar-refractivity contribution < 1.29 is 0 Å². The van der Waals surface area contributed by atoms with Crippen LogP contribution in [0.4, 0.5) is 0 Å². The fourth-order valence-electron chi connectivity index (χ4n) is 2.40. The third-order valence-electron chi connectivity index (χ3n) is 3.27. The fourth-order valence-corrected chi connectivity index (χ4v) is 2.40. The Bertz CT molecular complexity index is 342. The number of nitrogens with two attached hydrogens (primary N) is 1. The first-order chi connectivity index (χ1) is 7.40. The summed E-state index contributed by atoms with van der Waals surface area (Å²) in [4.78, 5) is 2.26. The Morgan fingerprint density at radius 3 is 2.25 bits per heavy atom. The van der Waals surface area contributed by atoms with Crippen LogP contribution in [0.15, 0.2) is 24.3 Å². The topological polar surface area (TPSA) is 29.3 Å². The molecule has 0 amide bonds. The summed E-state index contributed by atoms with van der Waals surface area (Å²) in [5.74, 6) is 0. The van der Waals surface area contributed by atoms with Crippen molar-refractivity contribution in [1.82, 2.24) is 4.90 Å². The van der Waals surface area contributed by atoms with E-state index >= 15 is 0 Å². The zero-order chi connectivity index (χ0) is 12.3. The number of rotatable bonds is 4. The van der Waals surface area contributed by atoms with Crippen LogP contribution in [0.25, 0.3) is 0 Å². The van der Waals surface area contributed by atoms with Crippen LogP contribution >= 0.6 is 0 Å². The first-order valence-corrected chi connectivity index (χ1v) is 5.82. The fraction of sp³-hybridized carbons (Fsp3) is 0.571. The highest BCUT2D eigenvalue weighted by Gasteiger charge is 2.31. The van der Waals surface area contributed by atoms with Crippen LogP contribution in [-0.2, 0) is 0 Å². The zero-order valence-corrected chi connectivity index (χ0v) is 11.1. The van der Waals surface area contributed by atoms with Gasteiger partial charge in [-0.25, -0.2) is 0 Å². The Labute approximate surface area is 99.5 Å². The maximum atomic E-state index is 5.91. The molecule has 90 valence electrons. The van der Waals surface area contributed by atoms with E-state index in [0.29, 0.717) is 12.6 Å². The summed E-state index contributed by atoms with van der Waals surface area (Å²) in [5, 5.41) is 0. The molecule has 1 atom stereocenters. The second-order valence-corrected chi connectivity index (χ2v) is 5.42. The molecule has 1 rings (SSSR count). The lowest BCUT2D eigenvalue weighted by molar-refractivity contribution is 0.143. The Balaban J connectivity index is 3.19. The molecule has 0 radical (unpaired) electrons. The average Bonchev–Trinajstić information content (AvgIpc) is 2.20. The first-order valence-electron chi connectivity index (χ1n) is 5.82. The third-order valence-corrected chi connectivity index (χ3v) is 3.27. The maximum absolute atomic E-state index is 5.91. The smallest absolute Gasteiger partial charge is 0.0407 e. The van der Waals surface area contributed by atoms with E-state index < -0.39 is 0 Å². The van der Waals surface area contributed by atoms with Crippen LogP contribution in [0.5, 0.6) is 0 Å². The first kappa shape index (κ1) is 13.2. The average molecular weight is 220 g/mol. The number of hydrogen-bond acceptors (Lipinski definition) is 2. The van der Waals surface area contributed by atoms with Gasteiger partial charge in [0, 0.05) is 6.04 Å². The molecule has 1 aromatic rings. The highest BCUT2D eigenvalue weighted by atomic mass is 15.1. The van der Waals surface area contributed by atoms with Crippen LogP contribution in [0.3, 0.4) is 0 Å². The quantitative estimate of drug-likeness (QED) is 0.845. The second-order valence-electron chi connectivity index (χ2n) is 5.42. The van der Waals surface area contributed by atoms with E-state index in [1.165, 1.54) is 11.1 Å². The molecule has 0 heterocycles. The molecule has 0 saturated heterocycles. The van der Waals surface area contributed by atoms with Crippen molar-refractivity contribution in [3.8, 4) is 0 Å². The van der Waals surface area contributed by atoms with Gasteiger partial charge in [-0.15, -0.1) is 0 Å². The summed E-state index contributed by atoms with van der Waals surface area (Å²) < 4.78 is 0. The van der Waals surface area contributed by atoms with Crippen LogP contribution < -0.4 is 5.73 Å². The van der Waals surface area contributed by atoms with E-state index in [-0.39, 0.29) is 5.41 Å². The molecule has 0 bridgehead atoms. The second kappa shape index (κ2) is 4.98. The SMILES string of the molecule is Cc1ccccc1C(N(C)C)C(C)(C)CN. The van der Waals surface area contributed by atoms with Gasteiger partial charge in [-0.3, -0.25) is 0 Å². The minimum atomic E-state index is 0.0790. The Kier molecular flexibility index (Phi) is 4.11. The summed E-state index contributed by atoms with van der Waals surface area (Å²) in [5.41, 5.74) is 8.70. The molecule has 1 aromatic carbocycles. The minimum absolute atomic E-state index is 0.0790. The normalized spacial score (nSPS) is 14.2.